The molecular weight excluding hydrogens is 184 g/mol. The second-order valence-electron chi connectivity index (χ2n) is 4.28. The third kappa shape index (κ3) is 2.59. The normalized spacial score (nSPS) is 39.5. The zero-order valence-electron chi connectivity index (χ0n) is 8.03. The van der Waals surface area contributed by atoms with Gasteiger partial charge in [-0.3, -0.25) is 0 Å². The Balaban J connectivity index is 2.39. The smallest absolute Gasteiger partial charge is 0.00451 e. The fourth-order valence-electron chi connectivity index (χ4n) is 2.00. The van der Waals surface area contributed by atoms with Gasteiger partial charge in [0.05, 0.1) is 0 Å². The van der Waals surface area contributed by atoms with Crippen LogP contribution in [-0.4, -0.2) is 11.0 Å². The minimum Gasteiger partial charge on any atom is -0.179 e. The molecule has 12 heavy (non-hydrogen) atoms. The van der Waals surface area contributed by atoms with E-state index in [2.05, 4.69) is 39.1 Å². The van der Waals surface area contributed by atoms with Crippen LogP contribution in [0.3, 0.4) is 0 Å². The fraction of sp³-hybridized carbons (Fsp3) is 1.00. The molecule has 1 aliphatic carbocycles. The molecule has 0 N–H and O–H groups in total. The van der Waals surface area contributed by atoms with Crippen molar-refractivity contribution in [2.24, 2.45) is 17.8 Å². The molecule has 0 heterocycles. The van der Waals surface area contributed by atoms with Gasteiger partial charge in [0.25, 0.3) is 0 Å². The molecule has 0 aromatic carbocycles. The Morgan fingerprint density at radius 2 is 2.08 bits per heavy atom. The first kappa shape index (κ1) is 10.8. The van der Waals surface area contributed by atoms with Crippen LogP contribution in [0.2, 0.25) is 0 Å². The van der Waals surface area contributed by atoms with E-state index < -0.39 is 0 Å². The van der Waals surface area contributed by atoms with E-state index in [4.69, 9.17) is 0 Å². The van der Waals surface area contributed by atoms with Crippen LogP contribution in [0, 0.1) is 17.8 Å². The van der Waals surface area contributed by atoms with E-state index in [0.717, 1.165) is 23.5 Å². The van der Waals surface area contributed by atoms with Crippen molar-refractivity contribution in [1.82, 2.24) is 0 Å². The van der Waals surface area contributed by atoms with Gasteiger partial charge in [-0.25, -0.2) is 0 Å². The summed E-state index contributed by atoms with van der Waals surface area (Å²) in [7, 11) is 0. The summed E-state index contributed by atoms with van der Waals surface area (Å²) < 4.78 is 0. The largest absolute Gasteiger partial charge is 0.179 e. The van der Waals surface area contributed by atoms with Gasteiger partial charge < -0.3 is 0 Å². The standard InChI is InChI=1S/C10H20S2/c1-7-3-4-9(5-10(7)12)8(2)6-11/h7-12H,3-6H2,1-2H3/t7?,8-,9?,10?/m1/s1. The summed E-state index contributed by atoms with van der Waals surface area (Å²) in [4.78, 5) is 0. The predicted octanol–water partition coefficient (Wildman–Crippen LogP) is 3.29. The van der Waals surface area contributed by atoms with Gasteiger partial charge in [-0.1, -0.05) is 13.8 Å². The molecule has 0 bridgehead atoms. The quantitative estimate of drug-likeness (QED) is 0.634. The van der Waals surface area contributed by atoms with E-state index in [9.17, 15) is 0 Å². The van der Waals surface area contributed by atoms with Crippen LogP contribution < -0.4 is 0 Å². The Kier molecular flexibility index (Phi) is 4.31. The van der Waals surface area contributed by atoms with Crippen molar-refractivity contribution < 1.29 is 0 Å². The van der Waals surface area contributed by atoms with Crippen molar-refractivity contribution in [2.45, 2.75) is 38.4 Å². The maximum Gasteiger partial charge on any atom is 0.00451 e. The molecule has 0 amide bonds. The van der Waals surface area contributed by atoms with E-state index >= 15 is 0 Å². The van der Waals surface area contributed by atoms with Crippen LogP contribution in [0.1, 0.15) is 33.1 Å². The molecule has 0 aliphatic heterocycles. The van der Waals surface area contributed by atoms with Crippen molar-refractivity contribution in [3.8, 4) is 0 Å². The Morgan fingerprint density at radius 3 is 2.58 bits per heavy atom. The Morgan fingerprint density at radius 1 is 1.42 bits per heavy atom. The highest BCUT2D eigenvalue weighted by atomic mass is 32.1. The number of thiol groups is 2. The van der Waals surface area contributed by atoms with Gasteiger partial charge in [-0.05, 0) is 42.8 Å². The molecule has 3 unspecified atom stereocenters. The van der Waals surface area contributed by atoms with Crippen molar-refractivity contribution in [1.29, 1.82) is 0 Å². The highest BCUT2D eigenvalue weighted by Crippen LogP contribution is 2.36. The molecule has 0 saturated heterocycles. The Hall–Kier alpha value is 0.700. The van der Waals surface area contributed by atoms with Gasteiger partial charge in [0, 0.05) is 5.25 Å². The van der Waals surface area contributed by atoms with Crippen molar-refractivity contribution >= 4 is 25.3 Å². The molecule has 1 saturated carbocycles. The zero-order valence-corrected chi connectivity index (χ0v) is 9.82. The first-order valence-corrected chi connectivity index (χ1v) is 6.09. The summed E-state index contributed by atoms with van der Waals surface area (Å²) >= 11 is 8.98. The lowest BCUT2D eigenvalue weighted by Gasteiger charge is -2.34. The molecule has 1 fully saturated rings. The first-order chi connectivity index (χ1) is 5.65. The number of hydrogen-bond acceptors (Lipinski definition) is 2. The number of rotatable bonds is 2. The summed E-state index contributed by atoms with van der Waals surface area (Å²) in [5.41, 5.74) is 0. The Labute approximate surface area is 87.3 Å². The van der Waals surface area contributed by atoms with E-state index in [1.165, 1.54) is 19.3 Å². The van der Waals surface area contributed by atoms with E-state index in [1.807, 2.05) is 0 Å². The molecule has 4 atom stereocenters. The van der Waals surface area contributed by atoms with E-state index in [-0.39, 0.29) is 0 Å². The molecule has 0 nitrogen and oxygen atoms in total. The van der Waals surface area contributed by atoms with Crippen molar-refractivity contribution in [3.05, 3.63) is 0 Å². The molecule has 1 aliphatic rings. The molecule has 0 radical (unpaired) electrons. The highest BCUT2D eigenvalue weighted by Gasteiger charge is 2.27. The summed E-state index contributed by atoms with van der Waals surface area (Å²) in [6.45, 7) is 4.63. The Bertz CT molecular complexity index is 136. The lowest BCUT2D eigenvalue weighted by Crippen LogP contribution is -2.27. The molecule has 72 valence electrons. The second kappa shape index (κ2) is 4.80. The average molecular weight is 204 g/mol. The zero-order chi connectivity index (χ0) is 9.14. The van der Waals surface area contributed by atoms with E-state index in [0.29, 0.717) is 5.25 Å². The first-order valence-electron chi connectivity index (χ1n) is 4.94. The highest BCUT2D eigenvalue weighted by molar-refractivity contribution is 7.81. The maximum absolute atomic E-state index is 4.62. The molecular formula is C10H20S2. The average Bonchev–Trinajstić information content (AvgIpc) is 2.08. The van der Waals surface area contributed by atoms with Gasteiger partial charge in [0.15, 0.2) is 0 Å². The van der Waals surface area contributed by atoms with Crippen LogP contribution in [-0.2, 0) is 0 Å². The van der Waals surface area contributed by atoms with Crippen LogP contribution in [0.25, 0.3) is 0 Å². The van der Waals surface area contributed by atoms with Gasteiger partial charge in [-0.15, -0.1) is 0 Å². The minimum atomic E-state index is 0.631. The van der Waals surface area contributed by atoms with Gasteiger partial charge in [0.1, 0.15) is 0 Å². The predicted molar refractivity (Wildman–Crippen MR) is 62.3 cm³/mol. The lowest BCUT2D eigenvalue weighted by molar-refractivity contribution is 0.246. The summed E-state index contributed by atoms with van der Waals surface area (Å²) in [5.74, 6) is 3.49. The molecule has 0 aromatic rings. The number of hydrogen-bond donors (Lipinski definition) is 2. The molecule has 1 rings (SSSR count). The van der Waals surface area contributed by atoms with E-state index in [1.54, 1.807) is 0 Å². The third-order valence-electron chi connectivity index (χ3n) is 3.29. The van der Waals surface area contributed by atoms with Crippen LogP contribution in [0.4, 0.5) is 0 Å². The van der Waals surface area contributed by atoms with Gasteiger partial charge >= 0.3 is 0 Å². The lowest BCUT2D eigenvalue weighted by atomic mass is 9.77. The fourth-order valence-corrected chi connectivity index (χ4v) is 2.71. The summed E-state index contributed by atoms with van der Waals surface area (Å²) in [6, 6.07) is 0. The van der Waals surface area contributed by atoms with Crippen LogP contribution in [0.5, 0.6) is 0 Å². The second-order valence-corrected chi connectivity index (χ2v) is 5.31. The topological polar surface area (TPSA) is 0 Å². The monoisotopic (exact) mass is 204 g/mol. The molecule has 0 spiro atoms. The summed E-state index contributed by atoms with van der Waals surface area (Å²) in [6.07, 6.45) is 4.04. The van der Waals surface area contributed by atoms with Gasteiger partial charge in [-0.2, -0.15) is 25.3 Å². The minimum absolute atomic E-state index is 0.631. The van der Waals surface area contributed by atoms with Gasteiger partial charge in [0.2, 0.25) is 0 Å². The SMILES string of the molecule is CC1CCC([C@H](C)CS)CC1S. The van der Waals surface area contributed by atoms with Crippen LogP contribution >= 0.6 is 25.3 Å². The van der Waals surface area contributed by atoms with Crippen molar-refractivity contribution in [2.75, 3.05) is 5.75 Å². The molecule has 0 aromatic heterocycles. The summed E-state index contributed by atoms with van der Waals surface area (Å²) in [5, 5.41) is 0.631. The third-order valence-corrected chi connectivity index (χ3v) is 4.58. The van der Waals surface area contributed by atoms with Crippen molar-refractivity contribution in [3.63, 3.8) is 0 Å². The maximum atomic E-state index is 4.62. The van der Waals surface area contributed by atoms with Crippen LogP contribution in [0.15, 0.2) is 0 Å². The molecule has 2 heteroatoms.